The minimum atomic E-state index is -0.851. The summed E-state index contributed by atoms with van der Waals surface area (Å²) < 4.78 is 2.76. The molecule has 0 heterocycles. The van der Waals surface area contributed by atoms with Gasteiger partial charge in [0.2, 0.25) is 0 Å². The molecule has 0 aromatic carbocycles. The number of aliphatic carboxylic acids is 1. The summed E-state index contributed by atoms with van der Waals surface area (Å²) in [5.74, 6) is 0.329. The molecule has 0 amide bonds. The highest BCUT2D eigenvalue weighted by molar-refractivity contribution is 7.97. The summed E-state index contributed by atoms with van der Waals surface area (Å²) in [5.41, 5.74) is 0. The number of nitrogens with one attached hydrogen (secondary N) is 1. The highest BCUT2D eigenvalue weighted by Gasteiger charge is 2.13. The fourth-order valence-electron chi connectivity index (χ4n) is 0.350. The second-order valence-corrected chi connectivity index (χ2v) is 3.09. The average Bonchev–Trinajstić information content (AvgIpc) is 1.89. The van der Waals surface area contributed by atoms with Crippen LogP contribution in [0.1, 0.15) is 6.92 Å². The Labute approximate surface area is 70.1 Å². The summed E-state index contributed by atoms with van der Waals surface area (Å²) in [6.07, 6.45) is 0. The van der Waals surface area contributed by atoms with E-state index in [1.807, 2.05) is 6.92 Å². The van der Waals surface area contributed by atoms with E-state index >= 15 is 0 Å². The Kier molecular flexibility index (Phi) is 5.96. The van der Waals surface area contributed by atoms with Gasteiger partial charge in [-0.1, -0.05) is 18.9 Å². The van der Waals surface area contributed by atoms with Gasteiger partial charge in [-0.05, 0) is 0 Å². The van der Waals surface area contributed by atoms with E-state index in [4.69, 9.17) is 5.11 Å². The first-order valence-corrected chi connectivity index (χ1v) is 4.55. The molecule has 3 nitrogen and oxygen atoms in total. The van der Waals surface area contributed by atoms with E-state index in [9.17, 15) is 4.79 Å². The number of carboxylic acid groups (broad SMARTS) is 1. The van der Waals surface area contributed by atoms with Crippen molar-refractivity contribution in [2.45, 2.75) is 13.0 Å². The molecule has 0 aliphatic carbocycles. The predicted octanol–water partition coefficient (Wildman–Crippen LogP) is 0.627. The van der Waals surface area contributed by atoms with Gasteiger partial charge in [-0.3, -0.25) is 4.79 Å². The first-order chi connectivity index (χ1) is 4.72. The van der Waals surface area contributed by atoms with Gasteiger partial charge in [-0.15, -0.1) is 0 Å². The van der Waals surface area contributed by atoms with Crippen molar-refractivity contribution in [2.75, 3.05) is 11.5 Å². The molecule has 10 heavy (non-hydrogen) atoms. The van der Waals surface area contributed by atoms with Gasteiger partial charge in [0.1, 0.15) is 6.04 Å². The summed E-state index contributed by atoms with van der Waals surface area (Å²) in [4.78, 5) is 10.3. The lowest BCUT2D eigenvalue weighted by atomic mass is 10.4. The van der Waals surface area contributed by atoms with Gasteiger partial charge >= 0.3 is 5.97 Å². The molecule has 0 aromatic rings. The standard InChI is InChI=1S/C5H11NO2S2/c1-2-10-6-4(3-9)5(7)8/h4,6,9H,2-3H2,1H3,(H,7,8)/t4-/m0/s1. The third kappa shape index (κ3) is 4.03. The lowest BCUT2D eigenvalue weighted by Crippen LogP contribution is -2.33. The molecule has 0 rings (SSSR count). The molecule has 0 bridgehead atoms. The van der Waals surface area contributed by atoms with Crippen molar-refractivity contribution in [1.82, 2.24) is 4.72 Å². The van der Waals surface area contributed by atoms with Gasteiger partial charge in [-0.2, -0.15) is 12.6 Å². The second kappa shape index (κ2) is 5.88. The third-order valence-corrected chi connectivity index (χ3v) is 1.96. The zero-order valence-corrected chi connectivity index (χ0v) is 7.41. The first kappa shape index (κ1) is 10.1. The second-order valence-electron chi connectivity index (χ2n) is 1.62. The minimum Gasteiger partial charge on any atom is -0.480 e. The number of carbonyl (C=O) groups is 1. The van der Waals surface area contributed by atoms with Crippen LogP contribution in [0.5, 0.6) is 0 Å². The molecule has 0 saturated heterocycles. The number of thiol groups is 1. The summed E-state index contributed by atoms with van der Waals surface area (Å²) in [5, 5.41) is 8.48. The molecule has 0 fully saturated rings. The van der Waals surface area contributed by atoms with Crippen LogP contribution in [0, 0.1) is 0 Å². The lowest BCUT2D eigenvalue weighted by Gasteiger charge is -2.08. The predicted molar refractivity (Wildman–Crippen MR) is 46.5 cm³/mol. The topological polar surface area (TPSA) is 49.3 Å². The van der Waals surface area contributed by atoms with Crippen molar-refractivity contribution >= 4 is 30.5 Å². The van der Waals surface area contributed by atoms with Crippen molar-refractivity contribution in [3.05, 3.63) is 0 Å². The Balaban J connectivity index is 3.50. The van der Waals surface area contributed by atoms with Gasteiger partial charge in [0, 0.05) is 11.5 Å². The van der Waals surface area contributed by atoms with Gasteiger partial charge in [-0.25, -0.2) is 4.72 Å². The zero-order valence-electron chi connectivity index (χ0n) is 5.70. The SMILES string of the molecule is CCSN[C@@H](CS)C(=O)O. The number of hydrogen-bond donors (Lipinski definition) is 3. The highest BCUT2D eigenvalue weighted by Crippen LogP contribution is 1.97. The Morgan fingerprint density at radius 2 is 2.50 bits per heavy atom. The molecule has 0 unspecified atom stereocenters. The van der Waals surface area contributed by atoms with Gasteiger partial charge < -0.3 is 5.11 Å². The summed E-state index contributed by atoms with van der Waals surface area (Å²) in [6.45, 7) is 1.95. The van der Waals surface area contributed by atoms with Crippen LogP contribution in [0.25, 0.3) is 0 Å². The van der Waals surface area contributed by atoms with E-state index < -0.39 is 12.0 Å². The van der Waals surface area contributed by atoms with Crippen molar-refractivity contribution in [3.8, 4) is 0 Å². The molecule has 1 atom stereocenters. The Morgan fingerprint density at radius 1 is 1.90 bits per heavy atom. The van der Waals surface area contributed by atoms with Crippen LogP contribution in [0.15, 0.2) is 0 Å². The van der Waals surface area contributed by atoms with Crippen LogP contribution in [-0.4, -0.2) is 28.6 Å². The van der Waals surface area contributed by atoms with Crippen LogP contribution in [0.2, 0.25) is 0 Å². The molecule has 0 saturated carbocycles. The van der Waals surface area contributed by atoms with Gasteiger partial charge in [0.25, 0.3) is 0 Å². The average molecular weight is 181 g/mol. The van der Waals surface area contributed by atoms with Crippen molar-refractivity contribution in [2.24, 2.45) is 0 Å². The van der Waals surface area contributed by atoms with E-state index in [0.29, 0.717) is 5.75 Å². The lowest BCUT2D eigenvalue weighted by molar-refractivity contribution is -0.138. The molecule has 5 heteroatoms. The Bertz CT molecular complexity index is 110. The van der Waals surface area contributed by atoms with Gasteiger partial charge in [0.05, 0.1) is 0 Å². The van der Waals surface area contributed by atoms with Crippen LogP contribution >= 0.6 is 24.6 Å². The molecule has 60 valence electrons. The first-order valence-electron chi connectivity index (χ1n) is 2.93. The van der Waals surface area contributed by atoms with E-state index in [2.05, 4.69) is 17.4 Å². The number of hydrogen-bond acceptors (Lipinski definition) is 4. The fraction of sp³-hybridized carbons (Fsp3) is 0.800. The quantitative estimate of drug-likeness (QED) is 0.430. The zero-order chi connectivity index (χ0) is 7.98. The molecule has 0 aliphatic rings. The summed E-state index contributed by atoms with van der Waals surface area (Å²) in [6, 6.07) is -0.534. The molecular formula is C5H11NO2S2. The summed E-state index contributed by atoms with van der Waals surface area (Å²) in [7, 11) is 0. The van der Waals surface area contributed by atoms with Crippen molar-refractivity contribution in [1.29, 1.82) is 0 Å². The normalized spacial score (nSPS) is 13.0. The Hall–Kier alpha value is 0.130. The monoisotopic (exact) mass is 181 g/mol. The largest absolute Gasteiger partial charge is 0.480 e. The molecule has 0 aromatic heterocycles. The van der Waals surface area contributed by atoms with Crippen molar-refractivity contribution in [3.63, 3.8) is 0 Å². The van der Waals surface area contributed by atoms with Crippen LogP contribution in [0.4, 0.5) is 0 Å². The van der Waals surface area contributed by atoms with E-state index in [0.717, 1.165) is 5.75 Å². The minimum absolute atomic E-state index is 0.322. The van der Waals surface area contributed by atoms with E-state index in [1.54, 1.807) is 0 Å². The van der Waals surface area contributed by atoms with Crippen LogP contribution < -0.4 is 4.72 Å². The number of rotatable bonds is 5. The maximum absolute atomic E-state index is 10.3. The third-order valence-electron chi connectivity index (χ3n) is 0.851. The van der Waals surface area contributed by atoms with Crippen molar-refractivity contribution < 1.29 is 9.90 Å². The molecule has 2 N–H and O–H groups in total. The fourth-order valence-corrected chi connectivity index (χ4v) is 1.27. The maximum atomic E-state index is 10.3. The molecular weight excluding hydrogens is 170 g/mol. The van der Waals surface area contributed by atoms with E-state index in [-0.39, 0.29) is 0 Å². The maximum Gasteiger partial charge on any atom is 0.322 e. The van der Waals surface area contributed by atoms with E-state index in [1.165, 1.54) is 11.9 Å². The number of carboxylic acids is 1. The molecule has 0 radical (unpaired) electrons. The smallest absolute Gasteiger partial charge is 0.322 e. The summed E-state index contributed by atoms with van der Waals surface area (Å²) >= 11 is 5.26. The van der Waals surface area contributed by atoms with Crippen LogP contribution in [0.3, 0.4) is 0 Å². The Morgan fingerprint density at radius 3 is 2.80 bits per heavy atom. The molecule has 0 aliphatic heterocycles. The highest BCUT2D eigenvalue weighted by atomic mass is 32.2. The van der Waals surface area contributed by atoms with Gasteiger partial charge in [0.15, 0.2) is 0 Å². The molecule has 0 spiro atoms. The van der Waals surface area contributed by atoms with Crippen LogP contribution in [-0.2, 0) is 4.79 Å².